The molecule has 0 bridgehead atoms. The third-order valence-corrected chi connectivity index (χ3v) is 5.24. The van der Waals surface area contributed by atoms with E-state index in [2.05, 4.69) is 21.9 Å². The highest BCUT2D eigenvalue weighted by Gasteiger charge is 2.22. The molecule has 3 aromatic rings. The average molecular weight is 413 g/mol. The standard InChI is InChI=1S/C22H25F2N5O/c1-4-18-13-28(7-8-30-18)21-12-17(10-16-5-6-19(23)20(24)11-16)25-22(26-21)29-15(3)9-14(2)27-29/h5-6,9,11-12,18H,4,7-8,10,13H2,1-3H3/t18-/m0/s1. The zero-order valence-electron chi connectivity index (χ0n) is 17.4. The smallest absolute Gasteiger partial charge is 0.252 e. The number of nitrogens with zero attached hydrogens (tertiary/aromatic N) is 5. The van der Waals surface area contributed by atoms with Crippen LogP contribution in [-0.2, 0) is 11.2 Å². The number of benzene rings is 1. The van der Waals surface area contributed by atoms with Crippen molar-refractivity contribution in [2.75, 3.05) is 24.6 Å². The van der Waals surface area contributed by atoms with Gasteiger partial charge in [0.15, 0.2) is 11.6 Å². The van der Waals surface area contributed by atoms with E-state index in [1.165, 1.54) is 6.07 Å². The van der Waals surface area contributed by atoms with E-state index in [0.717, 1.165) is 42.8 Å². The van der Waals surface area contributed by atoms with Gasteiger partial charge in [-0.15, -0.1) is 0 Å². The van der Waals surface area contributed by atoms with E-state index in [-0.39, 0.29) is 6.10 Å². The first-order valence-electron chi connectivity index (χ1n) is 10.1. The number of halogens is 2. The molecule has 0 N–H and O–H groups in total. The molecule has 30 heavy (non-hydrogen) atoms. The highest BCUT2D eigenvalue weighted by atomic mass is 19.2. The summed E-state index contributed by atoms with van der Waals surface area (Å²) in [7, 11) is 0. The molecule has 0 aliphatic carbocycles. The number of hydrogen-bond donors (Lipinski definition) is 0. The van der Waals surface area contributed by atoms with Gasteiger partial charge in [-0.1, -0.05) is 13.0 Å². The molecule has 0 radical (unpaired) electrons. The number of ether oxygens (including phenoxy) is 1. The fraction of sp³-hybridized carbons (Fsp3) is 0.409. The van der Waals surface area contributed by atoms with E-state index in [4.69, 9.17) is 9.72 Å². The lowest BCUT2D eigenvalue weighted by atomic mass is 10.1. The second kappa shape index (κ2) is 8.47. The van der Waals surface area contributed by atoms with Crippen molar-refractivity contribution in [2.45, 2.75) is 39.7 Å². The zero-order valence-corrected chi connectivity index (χ0v) is 17.4. The Balaban J connectivity index is 1.73. The van der Waals surface area contributed by atoms with Gasteiger partial charge in [-0.05, 0) is 44.0 Å². The maximum Gasteiger partial charge on any atom is 0.252 e. The molecule has 3 heterocycles. The molecular weight excluding hydrogens is 388 g/mol. The predicted molar refractivity (Wildman–Crippen MR) is 110 cm³/mol. The Morgan fingerprint density at radius 2 is 1.93 bits per heavy atom. The van der Waals surface area contributed by atoms with Gasteiger partial charge in [-0.25, -0.2) is 18.4 Å². The summed E-state index contributed by atoms with van der Waals surface area (Å²) in [6.45, 7) is 8.08. The number of morpholine rings is 1. The van der Waals surface area contributed by atoms with Crippen LogP contribution in [0.3, 0.4) is 0 Å². The summed E-state index contributed by atoms with van der Waals surface area (Å²) in [5.41, 5.74) is 3.16. The van der Waals surface area contributed by atoms with Crippen molar-refractivity contribution in [2.24, 2.45) is 0 Å². The molecule has 0 saturated carbocycles. The summed E-state index contributed by atoms with van der Waals surface area (Å²) in [6.07, 6.45) is 1.44. The number of hydrogen-bond acceptors (Lipinski definition) is 5. The van der Waals surface area contributed by atoms with E-state index in [9.17, 15) is 8.78 Å². The normalized spacial score (nSPS) is 16.8. The van der Waals surface area contributed by atoms with Gasteiger partial charge in [0.1, 0.15) is 5.82 Å². The Kier molecular flexibility index (Phi) is 5.76. The maximum atomic E-state index is 13.7. The van der Waals surface area contributed by atoms with Crippen LogP contribution in [0.4, 0.5) is 14.6 Å². The van der Waals surface area contributed by atoms with Crippen LogP contribution in [0.2, 0.25) is 0 Å². The average Bonchev–Trinajstić information content (AvgIpc) is 3.08. The highest BCUT2D eigenvalue weighted by Crippen LogP contribution is 2.22. The van der Waals surface area contributed by atoms with Gasteiger partial charge in [-0.3, -0.25) is 0 Å². The Hall–Kier alpha value is -2.87. The molecule has 1 aliphatic rings. The van der Waals surface area contributed by atoms with Crippen LogP contribution < -0.4 is 4.90 Å². The quantitative estimate of drug-likeness (QED) is 0.638. The van der Waals surface area contributed by atoms with Crippen LogP contribution in [0.25, 0.3) is 5.95 Å². The lowest BCUT2D eigenvalue weighted by Crippen LogP contribution is -2.42. The van der Waals surface area contributed by atoms with Crippen LogP contribution in [-0.4, -0.2) is 45.5 Å². The summed E-state index contributed by atoms with van der Waals surface area (Å²) >= 11 is 0. The van der Waals surface area contributed by atoms with E-state index < -0.39 is 11.6 Å². The highest BCUT2D eigenvalue weighted by molar-refractivity contribution is 5.44. The zero-order chi connectivity index (χ0) is 21.3. The summed E-state index contributed by atoms with van der Waals surface area (Å²) < 4.78 is 34.5. The van der Waals surface area contributed by atoms with Crippen molar-refractivity contribution >= 4 is 5.82 Å². The minimum atomic E-state index is -0.862. The van der Waals surface area contributed by atoms with Crippen molar-refractivity contribution in [1.82, 2.24) is 19.7 Å². The van der Waals surface area contributed by atoms with Crippen LogP contribution >= 0.6 is 0 Å². The summed E-state index contributed by atoms with van der Waals surface area (Å²) in [6, 6.07) is 7.80. The minimum absolute atomic E-state index is 0.153. The number of rotatable bonds is 5. The molecule has 4 rings (SSSR count). The Labute approximate surface area is 174 Å². The van der Waals surface area contributed by atoms with Gasteiger partial charge >= 0.3 is 0 Å². The predicted octanol–water partition coefficient (Wildman–Crippen LogP) is 3.76. The van der Waals surface area contributed by atoms with E-state index in [1.54, 1.807) is 10.7 Å². The van der Waals surface area contributed by atoms with Crippen LogP contribution in [0.15, 0.2) is 30.3 Å². The molecule has 1 fully saturated rings. The molecule has 0 spiro atoms. The third-order valence-electron chi connectivity index (χ3n) is 5.24. The molecular formula is C22H25F2N5O. The summed E-state index contributed by atoms with van der Waals surface area (Å²) in [4.78, 5) is 11.6. The van der Waals surface area contributed by atoms with Gasteiger partial charge in [-0.2, -0.15) is 10.1 Å². The monoisotopic (exact) mass is 413 g/mol. The van der Waals surface area contributed by atoms with Crippen molar-refractivity contribution in [3.63, 3.8) is 0 Å². The maximum absolute atomic E-state index is 13.7. The molecule has 1 aliphatic heterocycles. The second-order valence-electron chi connectivity index (χ2n) is 7.63. The first-order valence-corrected chi connectivity index (χ1v) is 10.1. The molecule has 8 heteroatoms. The lowest BCUT2D eigenvalue weighted by Gasteiger charge is -2.33. The van der Waals surface area contributed by atoms with Crippen molar-refractivity contribution < 1.29 is 13.5 Å². The Morgan fingerprint density at radius 1 is 1.10 bits per heavy atom. The van der Waals surface area contributed by atoms with Crippen LogP contribution in [0.5, 0.6) is 0 Å². The number of aryl methyl sites for hydroxylation is 2. The fourth-order valence-corrected chi connectivity index (χ4v) is 3.68. The van der Waals surface area contributed by atoms with Gasteiger partial charge in [0.05, 0.1) is 24.1 Å². The first kappa shape index (κ1) is 20.4. The summed E-state index contributed by atoms with van der Waals surface area (Å²) in [5.74, 6) is -0.467. The topological polar surface area (TPSA) is 56.1 Å². The third kappa shape index (κ3) is 4.33. The van der Waals surface area contributed by atoms with Gasteiger partial charge < -0.3 is 9.64 Å². The van der Waals surface area contributed by atoms with Crippen molar-refractivity contribution in [3.8, 4) is 5.95 Å². The van der Waals surface area contributed by atoms with Crippen molar-refractivity contribution in [3.05, 3.63) is 64.6 Å². The van der Waals surface area contributed by atoms with Gasteiger partial charge in [0.25, 0.3) is 5.95 Å². The fourth-order valence-electron chi connectivity index (χ4n) is 3.68. The largest absolute Gasteiger partial charge is 0.375 e. The molecule has 1 atom stereocenters. The van der Waals surface area contributed by atoms with E-state index >= 15 is 0 Å². The molecule has 158 valence electrons. The molecule has 2 aromatic heterocycles. The Morgan fingerprint density at radius 3 is 2.63 bits per heavy atom. The molecule has 6 nitrogen and oxygen atoms in total. The number of aromatic nitrogens is 4. The molecule has 1 aromatic carbocycles. The molecule has 1 saturated heterocycles. The van der Waals surface area contributed by atoms with Crippen LogP contribution in [0.1, 0.15) is 36.0 Å². The molecule has 0 unspecified atom stereocenters. The van der Waals surface area contributed by atoms with Crippen LogP contribution in [0, 0.1) is 25.5 Å². The molecule has 0 amide bonds. The van der Waals surface area contributed by atoms with E-state index in [1.807, 2.05) is 26.0 Å². The van der Waals surface area contributed by atoms with Gasteiger partial charge in [0, 0.05) is 31.3 Å². The number of anilines is 1. The van der Waals surface area contributed by atoms with Gasteiger partial charge in [0.2, 0.25) is 0 Å². The van der Waals surface area contributed by atoms with Crippen molar-refractivity contribution in [1.29, 1.82) is 0 Å². The second-order valence-corrected chi connectivity index (χ2v) is 7.63. The SMILES string of the molecule is CC[C@H]1CN(c2cc(Cc3ccc(F)c(F)c3)nc(-n3nc(C)cc3C)n2)CCO1. The van der Waals surface area contributed by atoms with E-state index in [0.29, 0.717) is 30.2 Å². The lowest BCUT2D eigenvalue weighted by molar-refractivity contribution is 0.0381. The minimum Gasteiger partial charge on any atom is -0.375 e. The Bertz CT molecular complexity index is 1050. The summed E-state index contributed by atoms with van der Waals surface area (Å²) in [5, 5.41) is 4.51. The first-order chi connectivity index (χ1) is 14.4.